The van der Waals surface area contributed by atoms with Crippen LogP contribution in [0.2, 0.25) is 0 Å². The normalized spacial score (nSPS) is 14.6. The highest BCUT2D eigenvalue weighted by atomic mass is 16.1. The highest BCUT2D eigenvalue weighted by molar-refractivity contribution is 5.77. The lowest BCUT2D eigenvalue weighted by atomic mass is 10.3. The fourth-order valence-electron chi connectivity index (χ4n) is 1.83. The Hall–Kier alpha value is -1.72. The summed E-state index contributed by atoms with van der Waals surface area (Å²) in [6, 6.07) is 0.422. The van der Waals surface area contributed by atoms with E-state index in [2.05, 4.69) is 15.7 Å². The number of aromatic nitrogens is 2. The molecule has 0 saturated heterocycles. The summed E-state index contributed by atoms with van der Waals surface area (Å²) >= 11 is 0. The molecule has 0 unspecified atom stereocenters. The number of rotatable bonds is 6. The molecule has 1 saturated carbocycles. The van der Waals surface area contributed by atoms with Crippen LogP contribution in [-0.2, 0) is 11.3 Å². The summed E-state index contributed by atoms with van der Waals surface area (Å²) in [6.07, 6.45) is 2.70. The van der Waals surface area contributed by atoms with Crippen molar-refractivity contribution in [3.63, 3.8) is 0 Å². The Kier molecular flexibility index (Phi) is 3.74. The Labute approximate surface area is 107 Å². The summed E-state index contributed by atoms with van der Waals surface area (Å²) < 4.78 is 1.82. The third kappa shape index (κ3) is 2.94. The maximum atomic E-state index is 11.5. The van der Waals surface area contributed by atoms with Crippen molar-refractivity contribution in [3.8, 4) is 0 Å². The van der Waals surface area contributed by atoms with Crippen LogP contribution >= 0.6 is 0 Å². The molecule has 4 N–H and O–H groups in total. The summed E-state index contributed by atoms with van der Waals surface area (Å²) in [5, 5.41) is 10.5. The number of nitrogens with one attached hydrogen (secondary N) is 2. The van der Waals surface area contributed by atoms with Crippen LogP contribution in [0.1, 0.15) is 31.9 Å². The fourth-order valence-corrected chi connectivity index (χ4v) is 1.83. The average Bonchev–Trinajstić information content (AvgIpc) is 3.10. The molecule has 1 heterocycles. The minimum absolute atomic E-state index is 0.0999. The van der Waals surface area contributed by atoms with Gasteiger partial charge in [0.05, 0.1) is 11.4 Å². The zero-order chi connectivity index (χ0) is 13.1. The van der Waals surface area contributed by atoms with E-state index in [1.165, 1.54) is 0 Å². The van der Waals surface area contributed by atoms with E-state index in [9.17, 15) is 4.79 Å². The molecule has 0 aliphatic heterocycles. The Bertz CT molecular complexity index is 436. The molecule has 6 heteroatoms. The maximum absolute atomic E-state index is 11.5. The van der Waals surface area contributed by atoms with Gasteiger partial charge in [0.25, 0.3) is 0 Å². The monoisotopic (exact) mass is 251 g/mol. The number of aryl methyl sites for hydroxylation is 2. The van der Waals surface area contributed by atoms with Gasteiger partial charge >= 0.3 is 0 Å². The van der Waals surface area contributed by atoms with E-state index in [-0.39, 0.29) is 5.91 Å². The van der Waals surface area contributed by atoms with Crippen LogP contribution in [0.5, 0.6) is 0 Å². The van der Waals surface area contributed by atoms with E-state index in [1.54, 1.807) is 0 Å². The van der Waals surface area contributed by atoms with E-state index in [4.69, 9.17) is 5.73 Å². The fraction of sp³-hybridized carbons (Fsp3) is 0.667. The highest BCUT2D eigenvalue weighted by Gasteiger charge is 2.22. The summed E-state index contributed by atoms with van der Waals surface area (Å²) in [7, 11) is 0. The van der Waals surface area contributed by atoms with Crippen LogP contribution in [0.4, 0.5) is 11.5 Å². The van der Waals surface area contributed by atoms with Crippen molar-refractivity contribution in [2.75, 3.05) is 17.6 Å². The molecule has 6 nitrogen and oxygen atoms in total. The molecule has 0 radical (unpaired) electrons. The van der Waals surface area contributed by atoms with Crippen molar-refractivity contribution in [3.05, 3.63) is 5.69 Å². The lowest BCUT2D eigenvalue weighted by Crippen LogP contribution is -2.27. The second-order valence-electron chi connectivity index (χ2n) is 4.68. The zero-order valence-corrected chi connectivity index (χ0v) is 11.0. The topological polar surface area (TPSA) is 85.0 Å². The standard InChI is InChI=1S/C12H21N5O/c1-3-17-12(11(13)8(2)16-17)14-7-6-10(18)15-9-4-5-9/h9,14H,3-7,13H2,1-2H3,(H,15,18). The number of hydrogen-bond acceptors (Lipinski definition) is 4. The summed E-state index contributed by atoms with van der Waals surface area (Å²) in [5.41, 5.74) is 7.43. The van der Waals surface area contributed by atoms with Gasteiger partial charge in [-0.05, 0) is 26.7 Å². The molecular formula is C12H21N5O. The van der Waals surface area contributed by atoms with Crippen LogP contribution in [0.3, 0.4) is 0 Å². The van der Waals surface area contributed by atoms with Crippen molar-refractivity contribution in [1.82, 2.24) is 15.1 Å². The molecule has 2 rings (SSSR count). The second kappa shape index (κ2) is 5.29. The largest absolute Gasteiger partial charge is 0.394 e. The maximum Gasteiger partial charge on any atom is 0.221 e. The van der Waals surface area contributed by atoms with Crippen LogP contribution < -0.4 is 16.4 Å². The van der Waals surface area contributed by atoms with Crippen LogP contribution in [0.15, 0.2) is 0 Å². The van der Waals surface area contributed by atoms with Crippen LogP contribution in [-0.4, -0.2) is 28.3 Å². The molecular weight excluding hydrogens is 230 g/mol. The van der Waals surface area contributed by atoms with E-state index < -0.39 is 0 Å². The minimum Gasteiger partial charge on any atom is -0.394 e. The number of nitrogen functional groups attached to an aromatic ring is 1. The first kappa shape index (κ1) is 12.7. The van der Waals surface area contributed by atoms with Crippen molar-refractivity contribution < 1.29 is 4.79 Å². The first-order valence-electron chi connectivity index (χ1n) is 6.48. The third-order valence-corrected chi connectivity index (χ3v) is 3.06. The predicted octanol–water partition coefficient (Wildman–Crippen LogP) is 0.874. The Morgan fingerprint density at radius 3 is 2.89 bits per heavy atom. The summed E-state index contributed by atoms with van der Waals surface area (Å²) in [5.74, 6) is 0.914. The Morgan fingerprint density at radius 1 is 1.56 bits per heavy atom. The van der Waals surface area contributed by atoms with Gasteiger partial charge in [0, 0.05) is 25.6 Å². The van der Waals surface area contributed by atoms with Crippen molar-refractivity contribution in [2.45, 2.75) is 45.7 Å². The molecule has 1 fully saturated rings. The SMILES string of the molecule is CCn1nc(C)c(N)c1NCCC(=O)NC1CC1. The van der Waals surface area contributed by atoms with Crippen LogP contribution in [0, 0.1) is 6.92 Å². The number of carbonyl (C=O) groups excluding carboxylic acids is 1. The number of anilines is 2. The van der Waals surface area contributed by atoms with Gasteiger partial charge < -0.3 is 16.4 Å². The zero-order valence-electron chi connectivity index (χ0n) is 11.0. The summed E-state index contributed by atoms with van der Waals surface area (Å²) in [4.78, 5) is 11.5. The van der Waals surface area contributed by atoms with E-state index in [0.717, 1.165) is 30.9 Å². The van der Waals surface area contributed by atoms with Gasteiger partial charge in [0.2, 0.25) is 5.91 Å². The molecule has 1 aromatic heterocycles. The van der Waals surface area contributed by atoms with Crippen molar-refractivity contribution in [2.24, 2.45) is 0 Å². The second-order valence-corrected chi connectivity index (χ2v) is 4.68. The average molecular weight is 251 g/mol. The van der Waals surface area contributed by atoms with E-state index in [1.807, 2.05) is 18.5 Å². The van der Waals surface area contributed by atoms with Gasteiger partial charge in [-0.1, -0.05) is 0 Å². The number of amides is 1. The minimum atomic E-state index is 0.0999. The lowest BCUT2D eigenvalue weighted by Gasteiger charge is -2.09. The van der Waals surface area contributed by atoms with Crippen molar-refractivity contribution in [1.29, 1.82) is 0 Å². The van der Waals surface area contributed by atoms with Gasteiger partial charge in [0.15, 0.2) is 0 Å². The molecule has 1 amide bonds. The molecule has 0 aromatic carbocycles. The summed E-state index contributed by atoms with van der Waals surface area (Å²) in [6.45, 7) is 5.23. The third-order valence-electron chi connectivity index (χ3n) is 3.06. The van der Waals surface area contributed by atoms with Gasteiger partial charge in [-0.15, -0.1) is 0 Å². The van der Waals surface area contributed by atoms with Crippen molar-refractivity contribution >= 4 is 17.4 Å². The quantitative estimate of drug-likeness (QED) is 0.700. The lowest BCUT2D eigenvalue weighted by molar-refractivity contribution is -0.120. The number of carbonyl (C=O) groups is 1. The predicted molar refractivity (Wildman–Crippen MR) is 71.3 cm³/mol. The Balaban J connectivity index is 1.83. The molecule has 0 bridgehead atoms. The highest BCUT2D eigenvalue weighted by Crippen LogP contribution is 2.22. The first-order chi connectivity index (χ1) is 8.61. The smallest absolute Gasteiger partial charge is 0.221 e. The molecule has 1 aliphatic carbocycles. The first-order valence-corrected chi connectivity index (χ1v) is 6.48. The number of nitrogens with zero attached hydrogens (tertiary/aromatic N) is 2. The molecule has 0 spiro atoms. The van der Waals surface area contributed by atoms with Gasteiger partial charge in [-0.25, -0.2) is 4.68 Å². The van der Waals surface area contributed by atoms with Crippen LogP contribution in [0.25, 0.3) is 0 Å². The molecule has 100 valence electrons. The van der Waals surface area contributed by atoms with E-state index in [0.29, 0.717) is 24.7 Å². The van der Waals surface area contributed by atoms with Gasteiger partial charge in [-0.2, -0.15) is 5.10 Å². The molecule has 0 atom stereocenters. The number of nitrogens with two attached hydrogens (primary N) is 1. The van der Waals surface area contributed by atoms with Gasteiger partial charge in [0.1, 0.15) is 5.82 Å². The number of hydrogen-bond donors (Lipinski definition) is 3. The van der Waals surface area contributed by atoms with Gasteiger partial charge in [-0.3, -0.25) is 4.79 Å². The van der Waals surface area contributed by atoms with E-state index >= 15 is 0 Å². The molecule has 1 aromatic rings. The Morgan fingerprint density at radius 2 is 2.28 bits per heavy atom. The molecule has 18 heavy (non-hydrogen) atoms. The molecule has 1 aliphatic rings.